The number of hydrogen-bond donors (Lipinski definition) is 0. The van der Waals surface area contributed by atoms with E-state index in [-0.39, 0.29) is 12.1 Å². The van der Waals surface area contributed by atoms with E-state index >= 15 is 0 Å². The number of amides is 2. The number of rotatable bonds is 6. The number of nitrogens with zero attached hydrogens (tertiary/aromatic N) is 6. The van der Waals surface area contributed by atoms with Crippen LogP contribution in [0.3, 0.4) is 0 Å². The molecular weight excluding hydrogens is 536 g/mol. The predicted octanol–water partition coefficient (Wildman–Crippen LogP) is 6.07. The van der Waals surface area contributed by atoms with Crippen molar-refractivity contribution in [1.29, 1.82) is 0 Å². The number of urea groups is 1. The second-order valence-corrected chi connectivity index (χ2v) is 11.9. The van der Waals surface area contributed by atoms with Crippen molar-refractivity contribution >= 4 is 34.8 Å². The number of benzene rings is 2. The van der Waals surface area contributed by atoms with E-state index in [4.69, 9.17) is 26.3 Å². The SMILES string of the molecule is COc1cc(N2CCN(C)CC2)ccc1Cc1ncc2c(n1)N(C1CCCCC1)C(=O)N(c1c(C)cccc1Cl)C2. The molecule has 0 atom stereocenters. The van der Waals surface area contributed by atoms with Crippen molar-refractivity contribution in [2.24, 2.45) is 0 Å². The van der Waals surface area contributed by atoms with E-state index in [0.29, 0.717) is 23.8 Å². The number of aryl methyl sites for hydroxylation is 1. The molecule has 41 heavy (non-hydrogen) atoms. The van der Waals surface area contributed by atoms with Crippen molar-refractivity contribution in [2.75, 3.05) is 55.0 Å². The summed E-state index contributed by atoms with van der Waals surface area (Å²) in [5.41, 5.74) is 4.89. The Labute approximate surface area is 247 Å². The molecule has 0 spiro atoms. The van der Waals surface area contributed by atoms with Crippen LogP contribution in [0.1, 0.15) is 54.6 Å². The van der Waals surface area contributed by atoms with Gasteiger partial charge in [-0.05, 0) is 44.5 Å². The Balaban J connectivity index is 1.32. The molecule has 0 unspecified atom stereocenters. The number of anilines is 3. The van der Waals surface area contributed by atoms with Gasteiger partial charge < -0.3 is 14.5 Å². The molecule has 1 saturated carbocycles. The van der Waals surface area contributed by atoms with Crippen LogP contribution in [0.25, 0.3) is 0 Å². The molecule has 2 aliphatic heterocycles. The Bertz CT molecular complexity index is 1400. The Hall–Kier alpha value is -3.36. The molecule has 0 bridgehead atoms. The molecule has 3 aromatic rings. The number of carbonyl (C=O) groups is 1. The van der Waals surface area contributed by atoms with Gasteiger partial charge in [-0.2, -0.15) is 0 Å². The van der Waals surface area contributed by atoms with E-state index in [0.717, 1.165) is 85.8 Å². The zero-order valence-corrected chi connectivity index (χ0v) is 25.0. The zero-order chi connectivity index (χ0) is 28.5. The quantitative estimate of drug-likeness (QED) is 0.356. The zero-order valence-electron chi connectivity index (χ0n) is 24.3. The Morgan fingerprint density at radius 2 is 1.83 bits per heavy atom. The lowest BCUT2D eigenvalue weighted by atomic mass is 9.93. The van der Waals surface area contributed by atoms with Gasteiger partial charge in [0, 0.05) is 67.7 Å². The van der Waals surface area contributed by atoms with Gasteiger partial charge in [0.15, 0.2) is 0 Å². The first kappa shape index (κ1) is 27.8. The maximum atomic E-state index is 14.2. The summed E-state index contributed by atoms with van der Waals surface area (Å²) in [4.78, 5) is 32.5. The minimum atomic E-state index is -0.0561. The van der Waals surface area contributed by atoms with Gasteiger partial charge in [-0.1, -0.05) is 49.1 Å². The maximum Gasteiger partial charge on any atom is 0.330 e. The molecule has 2 fully saturated rings. The summed E-state index contributed by atoms with van der Waals surface area (Å²) in [6.45, 7) is 6.50. The number of methoxy groups -OCH3 is 1. The molecule has 1 aromatic heterocycles. The summed E-state index contributed by atoms with van der Waals surface area (Å²) in [6, 6.07) is 12.2. The van der Waals surface area contributed by atoms with Gasteiger partial charge in [-0.15, -0.1) is 0 Å². The van der Waals surface area contributed by atoms with Crippen molar-refractivity contribution in [3.05, 3.63) is 70.1 Å². The number of piperazine rings is 1. The van der Waals surface area contributed by atoms with Gasteiger partial charge in [-0.3, -0.25) is 9.80 Å². The van der Waals surface area contributed by atoms with Gasteiger partial charge in [-0.25, -0.2) is 14.8 Å². The largest absolute Gasteiger partial charge is 0.496 e. The second kappa shape index (κ2) is 11.9. The van der Waals surface area contributed by atoms with Crippen LogP contribution in [0.2, 0.25) is 5.02 Å². The molecule has 0 N–H and O–H groups in total. The van der Waals surface area contributed by atoms with Gasteiger partial charge in [0.1, 0.15) is 17.4 Å². The minimum absolute atomic E-state index is 0.0561. The lowest BCUT2D eigenvalue weighted by molar-refractivity contribution is 0.244. The number of hydrogen-bond acceptors (Lipinski definition) is 6. The summed E-state index contributed by atoms with van der Waals surface area (Å²) >= 11 is 6.64. The third kappa shape index (κ3) is 5.60. The van der Waals surface area contributed by atoms with Crippen molar-refractivity contribution in [2.45, 2.75) is 58.0 Å². The number of fused-ring (bicyclic) bond motifs is 1. The van der Waals surface area contributed by atoms with Crippen LogP contribution in [0.5, 0.6) is 5.75 Å². The topological polar surface area (TPSA) is 65.0 Å². The molecule has 3 aliphatic rings. The summed E-state index contributed by atoms with van der Waals surface area (Å²) in [5.74, 6) is 2.26. The highest BCUT2D eigenvalue weighted by Gasteiger charge is 2.39. The van der Waals surface area contributed by atoms with Crippen LogP contribution < -0.4 is 19.4 Å². The van der Waals surface area contributed by atoms with Crippen molar-refractivity contribution in [3.63, 3.8) is 0 Å². The van der Waals surface area contributed by atoms with Crippen LogP contribution in [0.15, 0.2) is 42.6 Å². The van der Waals surface area contributed by atoms with E-state index < -0.39 is 0 Å². The smallest absolute Gasteiger partial charge is 0.330 e. The van der Waals surface area contributed by atoms with Crippen LogP contribution in [-0.4, -0.2) is 67.3 Å². The second-order valence-electron chi connectivity index (χ2n) is 11.5. The van der Waals surface area contributed by atoms with E-state index in [9.17, 15) is 4.79 Å². The standard InChI is InChI=1S/C32H39ClN6O2/c1-22-8-7-11-27(33)30(22)38-21-24-20-34-29(35-31(24)39(32(38)40)25-9-5-4-6-10-25)18-23-12-13-26(19-28(23)41-3)37-16-14-36(2)15-17-37/h7-8,11-13,19-20,25H,4-6,9-10,14-18,21H2,1-3H3. The third-order valence-electron chi connectivity index (χ3n) is 8.77. The molecule has 1 aliphatic carbocycles. The fourth-order valence-corrected chi connectivity index (χ4v) is 6.74. The monoisotopic (exact) mass is 574 g/mol. The number of carbonyl (C=O) groups excluding carboxylic acids is 1. The van der Waals surface area contributed by atoms with E-state index in [1.807, 2.05) is 36.2 Å². The van der Waals surface area contributed by atoms with Crippen molar-refractivity contribution in [3.8, 4) is 5.75 Å². The van der Waals surface area contributed by atoms with Crippen LogP contribution >= 0.6 is 11.6 Å². The molecule has 2 amide bonds. The average molecular weight is 575 g/mol. The van der Waals surface area contributed by atoms with Gasteiger partial charge >= 0.3 is 6.03 Å². The molecule has 0 radical (unpaired) electrons. The number of aromatic nitrogens is 2. The van der Waals surface area contributed by atoms with E-state index in [2.05, 4.69) is 35.0 Å². The first-order valence-electron chi connectivity index (χ1n) is 14.7. The number of halogens is 1. The summed E-state index contributed by atoms with van der Waals surface area (Å²) in [6.07, 6.45) is 7.80. The first-order chi connectivity index (χ1) is 19.9. The lowest BCUT2D eigenvalue weighted by Crippen LogP contribution is -2.53. The Morgan fingerprint density at radius 3 is 2.56 bits per heavy atom. The lowest BCUT2D eigenvalue weighted by Gasteiger charge is -2.42. The molecule has 2 aromatic carbocycles. The highest BCUT2D eigenvalue weighted by Crippen LogP contribution is 2.39. The maximum absolute atomic E-state index is 14.2. The van der Waals surface area contributed by atoms with Gasteiger partial charge in [0.2, 0.25) is 0 Å². The molecular formula is C32H39ClN6O2. The minimum Gasteiger partial charge on any atom is -0.496 e. The van der Waals surface area contributed by atoms with Crippen molar-refractivity contribution < 1.29 is 9.53 Å². The summed E-state index contributed by atoms with van der Waals surface area (Å²) in [7, 11) is 3.88. The summed E-state index contributed by atoms with van der Waals surface area (Å²) < 4.78 is 5.83. The normalized spacial score (nSPS) is 18.5. The number of ether oxygens (including phenoxy) is 1. The van der Waals surface area contributed by atoms with Crippen LogP contribution in [-0.2, 0) is 13.0 Å². The number of para-hydroxylation sites is 1. The molecule has 3 heterocycles. The molecule has 8 nitrogen and oxygen atoms in total. The summed E-state index contributed by atoms with van der Waals surface area (Å²) in [5, 5.41) is 0.579. The van der Waals surface area contributed by atoms with E-state index in [1.54, 1.807) is 12.0 Å². The van der Waals surface area contributed by atoms with Crippen LogP contribution in [0.4, 0.5) is 22.0 Å². The highest BCUT2D eigenvalue weighted by molar-refractivity contribution is 6.34. The fraction of sp³-hybridized carbons (Fsp3) is 0.469. The Morgan fingerprint density at radius 1 is 1.05 bits per heavy atom. The van der Waals surface area contributed by atoms with Gasteiger partial charge in [0.05, 0.1) is 24.4 Å². The molecule has 9 heteroatoms. The first-order valence-corrected chi connectivity index (χ1v) is 15.1. The Kier molecular flexibility index (Phi) is 8.04. The molecule has 216 valence electrons. The fourth-order valence-electron chi connectivity index (χ4n) is 6.42. The third-order valence-corrected chi connectivity index (χ3v) is 9.08. The highest BCUT2D eigenvalue weighted by atomic mass is 35.5. The van der Waals surface area contributed by atoms with E-state index in [1.165, 1.54) is 12.1 Å². The van der Waals surface area contributed by atoms with Crippen molar-refractivity contribution in [1.82, 2.24) is 14.9 Å². The average Bonchev–Trinajstić information content (AvgIpc) is 2.98. The predicted molar refractivity (Wildman–Crippen MR) is 165 cm³/mol. The van der Waals surface area contributed by atoms with Crippen LogP contribution in [0, 0.1) is 6.92 Å². The number of likely N-dealkylation sites (N-methyl/N-ethyl adjacent to an activating group) is 1. The van der Waals surface area contributed by atoms with Gasteiger partial charge in [0.25, 0.3) is 0 Å². The molecule has 1 saturated heterocycles. The molecule has 6 rings (SSSR count).